The van der Waals surface area contributed by atoms with Crippen LogP contribution in [0.25, 0.3) is 0 Å². The molecule has 9 nitrogen and oxygen atoms in total. The van der Waals surface area contributed by atoms with E-state index in [2.05, 4.69) is 5.32 Å². The van der Waals surface area contributed by atoms with Crippen molar-refractivity contribution in [3.8, 4) is 0 Å². The van der Waals surface area contributed by atoms with Gasteiger partial charge in [0.1, 0.15) is 12.4 Å². The summed E-state index contributed by atoms with van der Waals surface area (Å²) in [6.07, 6.45) is -0.982. The maximum absolute atomic E-state index is 11.9. The van der Waals surface area contributed by atoms with E-state index < -0.39 is 34.7 Å². The van der Waals surface area contributed by atoms with Crippen LogP contribution in [0.2, 0.25) is 0 Å². The molecule has 1 heterocycles. The van der Waals surface area contributed by atoms with Crippen LogP contribution in [0.4, 0.5) is 10.6 Å². The minimum Gasteiger partial charge on any atom is -0.477 e. The first-order valence-electron chi connectivity index (χ1n) is 6.84. The number of amides is 1. The first kappa shape index (κ1) is 17.0. The summed E-state index contributed by atoms with van der Waals surface area (Å²) in [4.78, 5) is 47.0. The molecule has 1 aromatic heterocycles. The monoisotopic (exact) mass is 333 g/mol. The van der Waals surface area contributed by atoms with Crippen molar-refractivity contribution >= 4 is 17.9 Å². The third kappa shape index (κ3) is 3.35. The molecule has 0 aliphatic rings. The summed E-state index contributed by atoms with van der Waals surface area (Å²) in [5.74, 6) is -2.00. The van der Waals surface area contributed by atoms with Crippen LogP contribution < -0.4 is 16.6 Å². The molecule has 0 atom stereocenters. The van der Waals surface area contributed by atoms with Crippen LogP contribution >= 0.6 is 0 Å². The Labute approximate surface area is 135 Å². The van der Waals surface area contributed by atoms with Gasteiger partial charge < -0.3 is 9.84 Å². The van der Waals surface area contributed by atoms with Gasteiger partial charge in [-0.3, -0.25) is 19.2 Å². The van der Waals surface area contributed by atoms with E-state index in [9.17, 15) is 24.3 Å². The molecule has 0 saturated carbocycles. The standard InChI is InChI=1S/C15H15N3O6/c1-17-11(10(13(20)21)12(19)18(2)15(17)23)16-14(22)24-8-9-6-4-3-5-7-9/h3-7H,8H2,1-2H3,(H,16,22)(H,20,21). The van der Waals surface area contributed by atoms with Gasteiger partial charge in [0.15, 0.2) is 5.56 Å². The summed E-state index contributed by atoms with van der Waals surface area (Å²) in [6.45, 7) is -0.0477. The van der Waals surface area contributed by atoms with E-state index in [0.29, 0.717) is 4.57 Å². The largest absolute Gasteiger partial charge is 0.477 e. The van der Waals surface area contributed by atoms with Crippen LogP contribution in [-0.4, -0.2) is 26.3 Å². The van der Waals surface area contributed by atoms with Crippen LogP contribution in [0, 0.1) is 0 Å². The summed E-state index contributed by atoms with van der Waals surface area (Å²) < 4.78 is 6.46. The summed E-state index contributed by atoms with van der Waals surface area (Å²) in [6, 6.07) is 8.82. The quantitative estimate of drug-likeness (QED) is 0.842. The number of hydrogen-bond acceptors (Lipinski definition) is 5. The van der Waals surface area contributed by atoms with Crippen molar-refractivity contribution < 1.29 is 19.4 Å². The fraction of sp³-hybridized carbons (Fsp3) is 0.200. The third-order valence-corrected chi connectivity index (χ3v) is 3.31. The number of carboxylic acid groups (broad SMARTS) is 1. The van der Waals surface area contributed by atoms with Gasteiger partial charge in [-0.05, 0) is 5.56 Å². The van der Waals surface area contributed by atoms with E-state index in [0.717, 1.165) is 17.2 Å². The predicted octanol–water partition coefficient (Wildman–Crippen LogP) is 0.531. The van der Waals surface area contributed by atoms with Crippen LogP contribution in [0.15, 0.2) is 39.9 Å². The second-order valence-corrected chi connectivity index (χ2v) is 4.92. The summed E-state index contributed by atoms with van der Waals surface area (Å²) in [5.41, 5.74) is -1.80. The fourth-order valence-corrected chi connectivity index (χ4v) is 2.04. The minimum atomic E-state index is -1.57. The average Bonchev–Trinajstić information content (AvgIpc) is 2.56. The Balaban J connectivity index is 2.29. The van der Waals surface area contributed by atoms with Gasteiger partial charge in [0, 0.05) is 14.1 Å². The van der Waals surface area contributed by atoms with Crippen molar-refractivity contribution in [2.45, 2.75) is 6.61 Å². The van der Waals surface area contributed by atoms with E-state index in [1.165, 1.54) is 7.05 Å². The highest BCUT2D eigenvalue weighted by Gasteiger charge is 2.23. The zero-order valence-corrected chi connectivity index (χ0v) is 13.0. The number of rotatable bonds is 4. The number of aromatic nitrogens is 2. The predicted molar refractivity (Wildman–Crippen MR) is 84.1 cm³/mol. The molecule has 1 amide bonds. The van der Waals surface area contributed by atoms with Crippen LogP contribution in [0.5, 0.6) is 0 Å². The molecular formula is C15H15N3O6. The lowest BCUT2D eigenvalue weighted by Crippen LogP contribution is -2.42. The number of hydrogen-bond donors (Lipinski definition) is 2. The maximum Gasteiger partial charge on any atom is 0.413 e. The second kappa shape index (κ2) is 6.82. The Morgan fingerprint density at radius 1 is 1.12 bits per heavy atom. The van der Waals surface area contributed by atoms with Crippen LogP contribution in [-0.2, 0) is 25.4 Å². The van der Waals surface area contributed by atoms with E-state index in [1.807, 2.05) is 0 Å². The summed E-state index contributed by atoms with van der Waals surface area (Å²) in [5, 5.41) is 11.3. The average molecular weight is 333 g/mol. The molecule has 0 saturated heterocycles. The highest BCUT2D eigenvalue weighted by atomic mass is 16.5. The van der Waals surface area contributed by atoms with E-state index in [1.54, 1.807) is 30.3 Å². The number of ether oxygens (including phenoxy) is 1. The molecule has 2 rings (SSSR count). The van der Waals surface area contributed by atoms with Gasteiger partial charge >= 0.3 is 17.8 Å². The molecular weight excluding hydrogens is 318 g/mol. The highest BCUT2D eigenvalue weighted by Crippen LogP contribution is 2.10. The highest BCUT2D eigenvalue weighted by molar-refractivity contribution is 5.97. The van der Waals surface area contributed by atoms with E-state index >= 15 is 0 Å². The molecule has 0 aliphatic heterocycles. The third-order valence-electron chi connectivity index (χ3n) is 3.31. The number of nitrogens with zero attached hydrogens (tertiary/aromatic N) is 2. The van der Waals surface area contributed by atoms with E-state index in [-0.39, 0.29) is 6.61 Å². The topological polar surface area (TPSA) is 120 Å². The van der Waals surface area contributed by atoms with Gasteiger partial charge in [0.05, 0.1) is 0 Å². The Morgan fingerprint density at radius 3 is 2.33 bits per heavy atom. The zero-order chi connectivity index (χ0) is 17.9. The number of benzene rings is 1. The molecule has 0 spiro atoms. The van der Waals surface area contributed by atoms with Crippen molar-refractivity contribution in [2.24, 2.45) is 14.1 Å². The van der Waals surface area contributed by atoms with Gasteiger partial charge in [0.25, 0.3) is 5.56 Å². The number of anilines is 1. The Morgan fingerprint density at radius 2 is 1.75 bits per heavy atom. The van der Waals surface area contributed by atoms with Crippen molar-refractivity contribution in [2.75, 3.05) is 5.32 Å². The SMILES string of the molecule is Cn1c(NC(=O)OCc2ccccc2)c(C(=O)O)c(=O)n(C)c1=O. The lowest BCUT2D eigenvalue weighted by atomic mass is 10.2. The molecule has 9 heteroatoms. The number of aromatic carboxylic acids is 1. The summed E-state index contributed by atoms with van der Waals surface area (Å²) >= 11 is 0. The van der Waals surface area contributed by atoms with Gasteiger partial charge in [-0.15, -0.1) is 0 Å². The molecule has 1 aromatic carbocycles. The van der Waals surface area contributed by atoms with Crippen molar-refractivity contribution in [3.05, 3.63) is 62.3 Å². The number of nitrogens with one attached hydrogen (secondary N) is 1. The Bertz CT molecular complexity index is 898. The van der Waals surface area contributed by atoms with Gasteiger partial charge in [-0.2, -0.15) is 0 Å². The van der Waals surface area contributed by atoms with Crippen molar-refractivity contribution in [1.82, 2.24) is 9.13 Å². The van der Waals surface area contributed by atoms with Crippen molar-refractivity contribution in [1.29, 1.82) is 0 Å². The molecule has 0 bridgehead atoms. The lowest BCUT2D eigenvalue weighted by Gasteiger charge is -2.14. The van der Waals surface area contributed by atoms with Gasteiger partial charge in [-0.1, -0.05) is 30.3 Å². The Hall–Kier alpha value is -3.36. The molecule has 2 N–H and O–H groups in total. The number of carbonyl (C=O) groups is 2. The molecule has 0 unspecified atom stereocenters. The molecule has 0 aliphatic carbocycles. The molecule has 0 radical (unpaired) electrons. The lowest BCUT2D eigenvalue weighted by molar-refractivity contribution is 0.0694. The number of carboxylic acids is 1. The zero-order valence-electron chi connectivity index (χ0n) is 13.0. The molecule has 2 aromatic rings. The Kier molecular flexibility index (Phi) is 4.83. The first-order valence-corrected chi connectivity index (χ1v) is 6.84. The minimum absolute atomic E-state index is 0.0477. The summed E-state index contributed by atoms with van der Waals surface area (Å²) in [7, 11) is 2.38. The fourth-order valence-electron chi connectivity index (χ4n) is 2.04. The smallest absolute Gasteiger partial charge is 0.413 e. The van der Waals surface area contributed by atoms with Gasteiger partial charge in [0.2, 0.25) is 0 Å². The van der Waals surface area contributed by atoms with Crippen LogP contribution in [0.3, 0.4) is 0 Å². The van der Waals surface area contributed by atoms with Crippen molar-refractivity contribution in [3.63, 3.8) is 0 Å². The molecule has 24 heavy (non-hydrogen) atoms. The number of carbonyl (C=O) groups excluding carboxylic acids is 1. The van der Waals surface area contributed by atoms with Crippen LogP contribution in [0.1, 0.15) is 15.9 Å². The molecule has 0 fully saturated rings. The van der Waals surface area contributed by atoms with Gasteiger partial charge in [-0.25, -0.2) is 14.4 Å². The molecule has 126 valence electrons. The first-order chi connectivity index (χ1) is 11.3. The van der Waals surface area contributed by atoms with E-state index in [4.69, 9.17) is 4.74 Å². The normalized spacial score (nSPS) is 10.2. The second-order valence-electron chi connectivity index (χ2n) is 4.92. The maximum atomic E-state index is 11.9.